The van der Waals surface area contributed by atoms with Gasteiger partial charge in [0.25, 0.3) is 0 Å². The van der Waals surface area contributed by atoms with Crippen molar-refractivity contribution in [2.75, 3.05) is 11.4 Å². The zero-order chi connectivity index (χ0) is 14.8. The van der Waals surface area contributed by atoms with Crippen molar-refractivity contribution in [1.29, 1.82) is 0 Å². The number of benzene rings is 1. The van der Waals surface area contributed by atoms with E-state index >= 15 is 0 Å². The molecule has 1 aromatic carbocycles. The van der Waals surface area contributed by atoms with E-state index in [9.17, 15) is 4.79 Å². The third-order valence-corrected chi connectivity index (χ3v) is 4.17. The number of hydrogen-bond donors (Lipinski definition) is 0. The molecule has 110 valence electrons. The van der Waals surface area contributed by atoms with E-state index in [0.29, 0.717) is 6.42 Å². The average Bonchev–Trinajstić information content (AvgIpc) is 2.70. The maximum Gasteiger partial charge on any atom is 0.231 e. The lowest BCUT2D eigenvalue weighted by atomic mass is 10.1. The third kappa shape index (κ3) is 2.71. The van der Waals surface area contributed by atoms with Crippen molar-refractivity contribution < 1.29 is 9.32 Å². The molecule has 0 radical (unpaired) electrons. The SMILES string of the molecule is Cc1noc(C)c1CC(=O)N1CCCCc2ccccc21. The summed E-state index contributed by atoms with van der Waals surface area (Å²) in [6, 6.07) is 8.21. The largest absolute Gasteiger partial charge is 0.361 e. The van der Waals surface area contributed by atoms with E-state index in [1.165, 1.54) is 5.56 Å². The fraction of sp³-hybridized carbons (Fsp3) is 0.412. The van der Waals surface area contributed by atoms with E-state index < -0.39 is 0 Å². The van der Waals surface area contributed by atoms with Crippen LogP contribution in [-0.4, -0.2) is 17.6 Å². The van der Waals surface area contributed by atoms with Crippen LogP contribution in [0.5, 0.6) is 0 Å². The Kier molecular flexibility index (Phi) is 3.78. The van der Waals surface area contributed by atoms with Gasteiger partial charge in [0.1, 0.15) is 5.76 Å². The van der Waals surface area contributed by atoms with Crippen molar-refractivity contribution in [3.8, 4) is 0 Å². The summed E-state index contributed by atoms with van der Waals surface area (Å²) in [7, 11) is 0. The summed E-state index contributed by atoms with van der Waals surface area (Å²) in [6.07, 6.45) is 3.58. The van der Waals surface area contributed by atoms with E-state index in [0.717, 1.165) is 48.5 Å². The van der Waals surface area contributed by atoms with Gasteiger partial charge in [-0.1, -0.05) is 23.4 Å². The van der Waals surface area contributed by atoms with E-state index in [4.69, 9.17) is 4.52 Å². The summed E-state index contributed by atoms with van der Waals surface area (Å²) < 4.78 is 5.16. The molecule has 0 N–H and O–H groups in total. The van der Waals surface area contributed by atoms with Crippen LogP contribution in [0.15, 0.2) is 28.8 Å². The monoisotopic (exact) mass is 284 g/mol. The van der Waals surface area contributed by atoms with Crippen LogP contribution in [0.1, 0.15) is 35.4 Å². The fourth-order valence-electron chi connectivity index (χ4n) is 2.95. The third-order valence-electron chi connectivity index (χ3n) is 4.17. The fourth-order valence-corrected chi connectivity index (χ4v) is 2.95. The predicted octanol–water partition coefficient (Wildman–Crippen LogP) is 3.20. The first-order chi connectivity index (χ1) is 10.2. The minimum atomic E-state index is 0.124. The zero-order valence-corrected chi connectivity index (χ0v) is 12.6. The number of fused-ring (bicyclic) bond motifs is 1. The van der Waals surface area contributed by atoms with Crippen LogP contribution in [0, 0.1) is 13.8 Å². The van der Waals surface area contributed by atoms with Gasteiger partial charge < -0.3 is 9.42 Å². The second kappa shape index (κ2) is 5.72. The van der Waals surface area contributed by atoms with E-state index in [1.807, 2.05) is 36.9 Å². The van der Waals surface area contributed by atoms with Crippen LogP contribution >= 0.6 is 0 Å². The van der Waals surface area contributed by atoms with Crippen molar-refractivity contribution in [3.05, 3.63) is 46.8 Å². The van der Waals surface area contributed by atoms with E-state index in [2.05, 4.69) is 11.2 Å². The number of nitrogens with zero attached hydrogens (tertiary/aromatic N) is 2. The standard InChI is InChI=1S/C17H20N2O2/c1-12-15(13(2)21-18-12)11-17(20)19-10-6-5-8-14-7-3-4-9-16(14)19/h3-4,7,9H,5-6,8,10-11H2,1-2H3. The lowest BCUT2D eigenvalue weighted by Gasteiger charge is -2.23. The predicted molar refractivity (Wildman–Crippen MR) is 81.4 cm³/mol. The molecule has 4 heteroatoms. The van der Waals surface area contributed by atoms with Crippen molar-refractivity contribution in [3.63, 3.8) is 0 Å². The van der Waals surface area contributed by atoms with Crippen molar-refractivity contribution in [2.24, 2.45) is 0 Å². The Morgan fingerprint density at radius 1 is 1.29 bits per heavy atom. The Labute approximate surface area is 124 Å². The second-order valence-electron chi connectivity index (χ2n) is 5.61. The number of aromatic nitrogens is 1. The van der Waals surface area contributed by atoms with Gasteiger partial charge in [-0.3, -0.25) is 4.79 Å². The van der Waals surface area contributed by atoms with Gasteiger partial charge in [0.15, 0.2) is 0 Å². The lowest BCUT2D eigenvalue weighted by molar-refractivity contribution is -0.118. The van der Waals surface area contributed by atoms with Crippen LogP contribution in [0.2, 0.25) is 0 Å². The number of rotatable bonds is 2. The van der Waals surface area contributed by atoms with Crippen LogP contribution in [-0.2, 0) is 17.6 Å². The zero-order valence-electron chi connectivity index (χ0n) is 12.6. The van der Waals surface area contributed by atoms with Crippen molar-refractivity contribution in [1.82, 2.24) is 5.16 Å². The molecule has 0 saturated carbocycles. The highest BCUT2D eigenvalue weighted by molar-refractivity contribution is 5.95. The van der Waals surface area contributed by atoms with Gasteiger partial charge in [-0.2, -0.15) is 0 Å². The van der Waals surface area contributed by atoms with Gasteiger partial charge >= 0.3 is 0 Å². The Balaban J connectivity index is 1.88. The normalized spacial score (nSPS) is 14.7. The quantitative estimate of drug-likeness (QED) is 0.850. The molecule has 0 saturated heterocycles. The summed E-state index contributed by atoms with van der Waals surface area (Å²) >= 11 is 0. The summed E-state index contributed by atoms with van der Waals surface area (Å²) in [6.45, 7) is 4.54. The maximum atomic E-state index is 12.7. The van der Waals surface area contributed by atoms with Crippen LogP contribution in [0.3, 0.4) is 0 Å². The highest BCUT2D eigenvalue weighted by Crippen LogP contribution is 2.27. The molecule has 0 aliphatic carbocycles. The Morgan fingerprint density at radius 2 is 2.10 bits per heavy atom. The molecule has 2 aromatic rings. The Hall–Kier alpha value is -2.10. The smallest absolute Gasteiger partial charge is 0.231 e. The Morgan fingerprint density at radius 3 is 2.86 bits per heavy atom. The molecule has 0 bridgehead atoms. The molecule has 1 aliphatic rings. The molecule has 0 spiro atoms. The minimum absolute atomic E-state index is 0.124. The summed E-state index contributed by atoms with van der Waals surface area (Å²) in [5.41, 5.74) is 4.06. The number of amides is 1. The Bertz CT molecular complexity index is 641. The molecule has 0 fully saturated rings. The van der Waals surface area contributed by atoms with Crippen LogP contribution < -0.4 is 4.90 Å². The molecule has 1 amide bonds. The van der Waals surface area contributed by atoms with Crippen LogP contribution in [0.4, 0.5) is 5.69 Å². The van der Waals surface area contributed by atoms with Crippen molar-refractivity contribution >= 4 is 11.6 Å². The molecule has 1 aromatic heterocycles. The molecule has 3 rings (SSSR count). The first-order valence-electron chi connectivity index (χ1n) is 7.47. The highest BCUT2D eigenvalue weighted by Gasteiger charge is 2.23. The molecular weight excluding hydrogens is 264 g/mol. The van der Waals surface area contributed by atoms with Gasteiger partial charge in [-0.25, -0.2) is 0 Å². The molecule has 1 aliphatic heterocycles. The van der Waals surface area contributed by atoms with Crippen LogP contribution in [0.25, 0.3) is 0 Å². The van der Waals surface area contributed by atoms with Gasteiger partial charge in [0.2, 0.25) is 5.91 Å². The molecular formula is C17H20N2O2. The molecule has 4 nitrogen and oxygen atoms in total. The molecule has 0 atom stereocenters. The number of para-hydroxylation sites is 1. The van der Waals surface area contributed by atoms with Gasteiger partial charge in [-0.15, -0.1) is 0 Å². The minimum Gasteiger partial charge on any atom is -0.361 e. The lowest BCUT2D eigenvalue weighted by Crippen LogP contribution is -2.33. The molecule has 21 heavy (non-hydrogen) atoms. The van der Waals surface area contributed by atoms with Gasteiger partial charge in [0, 0.05) is 17.8 Å². The maximum absolute atomic E-state index is 12.7. The topological polar surface area (TPSA) is 46.3 Å². The summed E-state index contributed by atoms with van der Waals surface area (Å²) in [5, 5.41) is 3.93. The second-order valence-corrected chi connectivity index (χ2v) is 5.61. The number of carbonyl (C=O) groups is 1. The van der Waals surface area contributed by atoms with Gasteiger partial charge in [0.05, 0.1) is 12.1 Å². The van der Waals surface area contributed by atoms with E-state index in [1.54, 1.807) is 0 Å². The number of carbonyl (C=O) groups excluding carboxylic acids is 1. The first-order valence-corrected chi connectivity index (χ1v) is 7.47. The first kappa shape index (κ1) is 13.9. The number of anilines is 1. The molecule has 0 unspecified atom stereocenters. The number of aryl methyl sites for hydroxylation is 3. The van der Waals surface area contributed by atoms with E-state index in [-0.39, 0.29) is 5.91 Å². The molecule has 2 heterocycles. The average molecular weight is 284 g/mol. The summed E-state index contributed by atoms with van der Waals surface area (Å²) in [5.74, 6) is 0.864. The number of hydrogen-bond acceptors (Lipinski definition) is 3. The van der Waals surface area contributed by atoms with Crippen molar-refractivity contribution in [2.45, 2.75) is 39.5 Å². The highest BCUT2D eigenvalue weighted by atomic mass is 16.5. The van der Waals surface area contributed by atoms with Gasteiger partial charge in [-0.05, 0) is 44.7 Å². The summed E-state index contributed by atoms with van der Waals surface area (Å²) in [4.78, 5) is 14.7.